The van der Waals surface area contributed by atoms with E-state index in [1.807, 2.05) is 22.6 Å². The van der Waals surface area contributed by atoms with Gasteiger partial charge in [0.25, 0.3) is 5.91 Å². The molecule has 4 nitrogen and oxygen atoms in total. The summed E-state index contributed by atoms with van der Waals surface area (Å²) in [4.78, 5) is 24.0. The molecule has 1 aromatic rings. The fourth-order valence-corrected chi connectivity index (χ4v) is 1.93. The zero-order valence-electron chi connectivity index (χ0n) is 9.28. The lowest BCUT2D eigenvalue weighted by Crippen LogP contribution is -2.40. The van der Waals surface area contributed by atoms with E-state index in [9.17, 15) is 9.59 Å². The standard InChI is InChI=1S/C11H11ClINO3/c1-6(11(16)17)14(2)10(15)8-5-7(12)3-4-9(8)13/h3-6H,1-2H3,(H,16,17). The molecule has 0 heterocycles. The van der Waals surface area contributed by atoms with Crippen molar-refractivity contribution in [1.82, 2.24) is 4.90 Å². The molecule has 0 aliphatic carbocycles. The van der Waals surface area contributed by atoms with Gasteiger partial charge >= 0.3 is 5.97 Å². The number of rotatable bonds is 3. The van der Waals surface area contributed by atoms with Crippen molar-refractivity contribution in [2.45, 2.75) is 13.0 Å². The largest absolute Gasteiger partial charge is 0.480 e. The first-order valence-electron chi connectivity index (χ1n) is 4.79. The molecule has 1 unspecified atom stereocenters. The molecule has 1 aromatic carbocycles. The van der Waals surface area contributed by atoms with E-state index in [-0.39, 0.29) is 5.91 Å². The Labute approximate surface area is 118 Å². The maximum Gasteiger partial charge on any atom is 0.326 e. The van der Waals surface area contributed by atoms with Gasteiger partial charge in [0, 0.05) is 15.6 Å². The van der Waals surface area contributed by atoms with Gasteiger partial charge in [-0.3, -0.25) is 4.79 Å². The highest BCUT2D eigenvalue weighted by molar-refractivity contribution is 14.1. The minimum Gasteiger partial charge on any atom is -0.480 e. The summed E-state index contributed by atoms with van der Waals surface area (Å²) in [7, 11) is 1.46. The summed E-state index contributed by atoms with van der Waals surface area (Å²) in [6.45, 7) is 1.46. The molecular formula is C11H11ClINO3. The zero-order chi connectivity index (χ0) is 13.2. The summed E-state index contributed by atoms with van der Waals surface area (Å²) in [5.74, 6) is -1.40. The van der Waals surface area contributed by atoms with Crippen LogP contribution in [-0.2, 0) is 4.79 Å². The van der Waals surface area contributed by atoms with Gasteiger partial charge in [-0.2, -0.15) is 0 Å². The van der Waals surface area contributed by atoms with E-state index in [4.69, 9.17) is 16.7 Å². The van der Waals surface area contributed by atoms with E-state index in [1.165, 1.54) is 24.9 Å². The molecule has 0 bridgehead atoms. The van der Waals surface area contributed by atoms with Gasteiger partial charge in [0.05, 0.1) is 5.56 Å². The number of likely N-dealkylation sites (N-methyl/N-ethyl adjacent to an activating group) is 1. The minimum absolute atomic E-state index is 0.355. The maximum absolute atomic E-state index is 12.1. The first-order valence-corrected chi connectivity index (χ1v) is 6.25. The topological polar surface area (TPSA) is 57.6 Å². The Morgan fingerprint density at radius 3 is 2.59 bits per heavy atom. The first-order chi connectivity index (χ1) is 7.84. The van der Waals surface area contributed by atoms with Gasteiger partial charge in [-0.05, 0) is 47.7 Å². The fourth-order valence-electron chi connectivity index (χ4n) is 1.19. The molecule has 0 fully saturated rings. The van der Waals surface area contributed by atoms with Crippen LogP contribution in [0.25, 0.3) is 0 Å². The van der Waals surface area contributed by atoms with Crippen LogP contribution in [0, 0.1) is 3.57 Å². The molecule has 1 amide bonds. The van der Waals surface area contributed by atoms with E-state index in [0.717, 1.165) is 3.57 Å². The number of amides is 1. The molecule has 92 valence electrons. The highest BCUT2D eigenvalue weighted by atomic mass is 127. The van der Waals surface area contributed by atoms with Crippen LogP contribution in [0.15, 0.2) is 18.2 Å². The van der Waals surface area contributed by atoms with Crippen molar-refractivity contribution in [3.8, 4) is 0 Å². The van der Waals surface area contributed by atoms with Gasteiger partial charge < -0.3 is 10.0 Å². The molecule has 1 N–H and O–H groups in total. The van der Waals surface area contributed by atoms with Crippen molar-refractivity contribution < 1.29 is 14.7 Å². The molecule has 0 radical (unpaired) electrons. The SMILES string of the molecule is CC(C(=O)O)N(C)C(=O)c1cc(Cl)ccc1I. The van der Waals surface area contributed by atoms with E-state index >= 15 is 0 Å². The smallest absolute Gasteiger partial charge is 0.326 e. The number of carboxylic acid groups (broad SMARTS) is 1. The molecule has 1 atom stereocenters. The van der Waals surface area contributed by atoms with Gasteiger partial charge in [-0.1, -0.05) is 11.6 Å². The highest BCUT2D eigenvalue weighted by Crippen LogP contribution is 2.19. The third-order valence-corrected chi connectivity index (χ3v) is 3.59. The monoisotopic (exact) mass is 367 g/mol. The Balaban J connectivity index is 3.04. The van der Waals surface area contributed by atoms with Crippen LogP contribution < -0.4 is 0 Å². The summed E-state index contributed by atoms with van der Waals surface area (Å²) < 4.78 is 0.737. The van der Waals surface area contributed by atoms with Crippen molar-refractivity contribution in [2.75, 3.05) is 7.05 Å². The lowest BCUT2D eigenvalue weighted by atomic mass is 10.2. The van der Waals surface area contributed by atoms with Gasteiger partial charge in [-0.15, -0.1) is 0 Å². The predicted octanol–water partition coefficient (Wildman–Crippen LogP) is 2.49. The average molecular weight is 368 g/mol. The molecule has 6 heteroatoms. The molecule has 0 saturated carbocycles. The van der Waals surface area contributed by atoms with Crippen LogP contribution in [0.4, 0.5) is 0 Å². The number of aliphatic carboxylic acids is 1. The van der Waals surface area contributed by atoms with Crippen LogP contribution in [0.3, 0.4) is 0 Å². The van der Waals surface area contributed by atoms with Crippen molar-refractivity contribution in [1.29, 1.82) is 0 Å². The normalized spacial score (nSPS) is 12.0. The number of carboxylic acids is 1. The summed E-state index contributed by atoms with van der Waals surface area (Å²) in [6.07, 6.45) is 0. The van der Waals surface area contributed by atoms with E-state index < -0.39 is 12.0 Å². The second kappa shape index (κ2) is 5.68. The number of hydrogen-bond acceptors (Lipinski definition) is 2. The molecular weight excluding hydrogens is 356 g/mol. The molecule has 17 heavy (non-hydrogen) atoms. The quantitative estimate of drug-likeness (QED) is 0.835. The zero-order valence-corrected chi connectivity index (χ0v) is 12.2. The van der Waals surface area contributed by atoms with E-state index in [1.54, 1.807) is 12.1 Å². The van der Waals surface area contributed by atoms with Crippen LogP contribution in [0.2, 0.25) is 5.02 Å². The highest BCUT2D eigenvalue weighted by Gasteiger charge is 2.24. The van der Waals surface area contributed by atoms with Gasteiger partial charge in [0.2, 0.25) is 0 Å². The van der Waals surface area contributed by atoms with Gasteiger partial charge in [0.15, 0.2) is 0 Å². The Hall–Kier alpha value is -0.820. The number of carbonyl (C=O) groups excluding carboxylic acids is 1. The summed E-state index contributed by atoms with van der Waals surface area (Å²) in [5, 5.41) is 9.30. The lowest BCUT2D eigenvalue weighted by Gasteiger charge is -2.22. The summed E-state index contributed by atoms with van der Waals surface area (Å²) >= 11 is 7.83. The molecule has 1 rings (SSSR count). The number of carbonyl (C=O) groups is 2. The van der Waals surface area contributed by atoms with Crippen LogP contribution in [0.5, 0.6) is 0 Å². The molecule has 0 saturated heterocycles. The van der Waals surface area contributed by atoms with Gasteiger partial charge in [0.1, 0.15) is 6.04 Å². The van der Waals surface area contributed by atoms with Crippen LogP contribution in [-0.4, -0.2) is 35.0 Å². The Morgan fingerprint density at radius 1 is 1.47 bits per heavy atom. The molecule has 0 aromatic heterocycles. The number of benzene rings is 1. The Kier molecular flexibility index (Phi) is 4.76. The summed E-state index contributed by atoms with van der Waals surface area (Å²) in [5.41, 5.74) is 0.411. The molecule has 0 aliphatic rings. The van der Waals surface area contributed by atoms with Crippen LogP contribution >= 0.6 is 34.2 Å². The number of halogens is 2. The lowest BCUT2D eigenvalue weighted by molar-refractivity contribution is -0.141. The Bertz CT molecular complexity index is 464. The molecule has 0 aliphatic heterocycles. The molecule has 0 spiro atoms. The second-order valence-electron chi connectivity index (χ2n) is 3.55. The number of nitrogens with zero attached hydrogens (tertiary/aromatic N) is 1. The van der Waals surface area contributed by atoms with Crippen molar-refractivity contribution in [3.05, 3.63) is 32.4 Å². The Morgan fingerprint density at radius 2 is 2.06 bits per heavy atom. The number of hydrogen-bond donors (Lipinski definition) is 1. The van der Waals surface area contributed by atoms with Crippen molar-refractivity contribution in [2.24, 2.45) is 0 Å². The third kappa shape index (κ3) is 3.32. The van der Waals surface area contributed by atoms with Crippen molar-refractivity contribution in [3.63, 3.8) is 0 Å². The second-order valence-corrected chi connectivity index (χ2v) is 5.15. The van der Waals surface area contributed by atoms with Crippen molar-refractivity contribution >= 4 is 46.1 Å². The first kappa shape index (κ1) is 14.2. The van der Waals surface area contributed by atoms with E-state index in [2.05, 4.69) is 0 Å². The fraction of sp³-hybridized carbons (Fsp3) is 0.273. The third-order valence-electron chi connectivity index (χ3n) is 2.42. The average Bonchev–Trinajstić information content (AvgIpc) is 2.29. The van der Waals surface area contributed by atoms with Gasteiger partial charge in [-0.25, -0.2) is 4.79 Å². The minimum atomic E-state index is -1.04. The maximum atomic E-state index is 12.1. The van der Waals surface area contributed by atoms with E-state index in [0.29, 0.717) is 10.6 Å². The summed E-state index contributed by atoms with van der Waals surface area (Å²) in [6, 6.07) is 4.06. The van der Waals surface area contributed by atoms with Crippen LogP contribution in [0.1, 0.15) is 17.3 Å². The predicted molar refractivity (Wildman–Crippen MR) is 73.4 cm³/mol.